The quantitative estimate of drug-likeness (QED) is 0.745. The molecule has 0 amide bonds. The molecule has 2 heterocycles. The molecule has 5 nitrogen and oxygen atoms in total. The van der Waals surface area contributed by atoms with E-state index in [1.807, 2.05) is 13.8 Å². The molecule has 0 radical (unpaired) electrons. The Hall–Kier alpha value is -2.56. The van der Waals surface area contributed by atoms with Crippen LogP contribution in [0.25, 0.3) is 22.6 Å². The van der Waals surface area contributed by atoms with Crippen LogP contribution in [0, 0.1) is 0 Å². The van der Waals surface area contributed by atoms with Gasteiger partial charge in [0.15, 0.2) is 5.58 Å². The molecule has 3 rings (SSSR count). The fraction of sp³-hybridized carbons (Fsp3) is 0.200. The number of aromatic hydroxyl groups is 2. The van der Waals surface area contributed by atoms with Crippen LogP contribution in [0.15, 0.2) is 35.0 Å². The lowest BCUT2D eigenvalue weighted by Gasteiger charge is -2.11. The highest BCUT2D eigenvalue weighted by Crippen LogP contribution is 2.38. The van der Waals surface area contributed by atoms with Crippen LogP contribution in [0.2, 0.25) is 0 Å². The number of phenols is 2. The van der Waals surface area contributed by atoms with Crippen molar-refractivity contribution in [2.24, 2.45) is 0 Å². The van der Waals surface area contributed by atoms with E-state index in [4.69, 9.17) is 4.42 Å². The standard InChI is InChI=1S/C15H14N2O3/c1-8(2)14-11(18)5-9(6-12(14)19)15-17-10-3-4-16-7-13(10)20-15/h3-8,18-19H,1-2H3. The van der Waals surface area contributed by atoms with E-state index >= 15 is 0 Å². The zero-order chi connectivity index (χ0) is 14.3. The number of phenolic OH excluding ortho intramolecular Hbond substituents is 2. The van der Waals surface area contributed by atoms with Crippen LogP contribution in [-0.4, -0.2) is 20.2 Å². The maximum absolute atomic E-state index is 10.0. The van der Waals surface area contributed by atoms with Crippen molar-refractivity contribution in [2.75, 3.05) is 0 Å². The Morgan fingerprint density at radius 1 is 1.15 bits per heavy atom. The van der Waals surface area contributed by atoms with Crippen molar-refractivity contribution >= 4 is 11.1 Å². The van der Waals surface area contributed by atoms with Gasteiger partial charge in [0.25, 0.3) is 0 Å². The molecule has 0 aliphatic rings. The van der Waals surface area contributed by atoms with Crippen LogP contribution in [0.1, 0.15) is 25.3 Å². The van der Waals surface area contributed by atoms with E-state index in [1.54, 1.807) is 30.6 Å². The number of aromatic nitrogens is 2. The van der Waals surface area contributed by atoms with Crippen molar-refractivity contribution in [1.82, 2.24) is 9.97 Å². The molecule has 0 fully saturated rings. The Morgan fingerprint density at radius 3 is 2.45 bits per heavy atom. The number of hydrogen-bond donors (Lipinski definition) is 2. The minimum Gasteiger partial charge on any atom is -0.507 e. The minimum atomic E-state index is 0.0249. The summed E-state index contributed by atoms with van der Waals surface area (Å²) in [5, 5.41) is 20.1. The maximum Gasteiger partial charge on any atom is 0.227 e. The van der Waals surface area contributed by atoms with Gasteiger partial charge in [-0.1, -0.05) is 13.8 Å². The summed E-state index contributed by atoms with van der Waals surface area (Å²) < 4.78 is 5.57. The van der Waals surface area contributed by atoms with Gasteiger partial charge in [-0.25, -0.2) is 4.98 Å². The van der Waals surface area contributed by atoms with Crippen LogP contribution < -0.4 is 0 Å². The molecule has 2 N–H and O–H groups in total. The first-order valence-corrected chi connectivity index (χ1v) is 6.33. The number of nitrogens with zero attached hydrogens (tertiary/aromatic N) is 2. The van der Waals surface area contributed by atoms with E-state index in [2.05, 4.69) is 9.97 Å². The molecule has 0 saturated carbocycles. The normalized spacial score (nSPS) is 11.3. The molecule has 20 heavy (non-hydrogen) atoms. The lowest BCUT2D eigenvalue weighted by molar-refractivity contribution is 0.433. The average Bonchev–Trinajstić information content (AvgIpc) is 2.81. The number of pyridine rings is 1. The minimum absolute atomic E-state index is 0.0249. The zero-order valence-corrected chi connectivity index (χ0v) is 11.2. The Balaban J connectivity index is 2.15. The third-order valence-corrected chi connectivity index (χ3v) is 3.15. The van der Waals surface area contributed by atoms with E-state index in [1.165, 1.54) is 0 Å². The molecule has 0 atom stereocenters. The van der Waals surface area contributed by atoms with Crippen molar-refractivity contribution in [3.63, 3.8) is 0 Å². The van der Waals surface area contributed by atoms with Gasteiger partial charge in [0, 0.05) is 17.3 Å². The lowest BCUT2D eigenvalue weighted by atomic mass is 9.99. The van der Waals surface area contributed by atoms with Gasteiger partial charge in [0.1, 0.15) is 17.0 Å². The first kappa shape index (κ1) is 12.5. The summed E-state index contributed by atoms with van der Waals surface area (Å²) in [6.45, 7) is 3.80. The summed E-state index contributed by atoms with van der Waals surface area (Å²) in [5.74, 6) is 0.441. The van der Waals surface area contributed by atoms with E-state index in [9.17, 15) is 10.2 Å². The smallest absolute Gasteiger partial charge is 0.227 e. The summed E-state index contributed by atoms with van der Waals surface area (Å²) in [6.07, 6.45) is 3.21. The van der Waals surface area contributed by atoms with E-state index in [-0.39, 0.29) is 17.4 Å². The van der Waals surface area contributed by atoms with Crippen molar-refractivity contribution < 1.29 is 14.6 Å². The topological polar surface area (TPSA) is 79.4 Å². The molecule has 3 aromatic rings. The second-order valence-corrected chi connectivity index (χ2v) is 4.95. The van der Waals surface area contributed by atoms with Crippen LogP contribution in [0.3, 0.4) is 0 Å². The molecule has 1 aromatic carbocycles. The molecule has 0 bridgehead atoms. The third kappa shape index (κ3) is 1.97. The van der Waals surface area contributed by atoms with Crippen LogP contribution in [-0.2, 0) is 0 Å². The number of benzene rings is 1. The van der Waals surface area contributed by atoms with Gasteiger partial charge < -0.3 is 14.6 Å². The Labute approximate surface area is 115 Å². The third-order valence-electron chi connectivity index (χ3n) is 3.15. The molecular weight excluding hydrogens is 256 g/mol. The first-order chi connectivity index (χ1) is 9.56. The second kappa shape index (κ2) is 4.52. The first-order valence-electron chi connectivity index (χ1n) is 6.33. The molecular formula is C15H14N2O3. The fourth-order valence-electron chi connectivity index (χ4n) is 2.24. The van der Waals surface area contributed by atoms with Gasteiger partial charge in [-0.15, -0.1) is 0 Å². The van der Waals surface area contributed by atoms with Crippen molar-refractivity contribution in [3.8, 4) is 23.0 Å². The average molecular weight is 270 g/mol. The van der Waals surface area contributed by atoms with Gasteiger partial charge in [-0.2, -0.15) is 0 Å². The molecule has 102 valence electrons. The van der Waals surface area contributed by atoms with Crippen LogP contribution >= 0.6 is 0 Å². The highest BCUT2D eigenvalue weighted by atomic mass is 16.3. The van der Waals surface area contributed by atoms with Gasteiger partial charge in [0.2, 0.25) is 5.89 Å². The van der Waals surface area contributed by atoms with E-state index in [0.717, 1.165) is 0 Å². The predicted octanol–water partition coefficient (Wildman–Crippen LogP) is 3.42. The van der Waals surface area contributed by atoms with E-state index in [0.29, 0.717) is 28.1 Å². The molecule has 0 saturated heterocycles. The van der Waals surface area contributed by atoms with Gasteiger partial charge in [-0.3, -0.25) is 4.98 Å². The largest absolute Gasteiger partial charge is 0.507 e. The Kier molecular flexibility index (Phi) is 2.82. The van der Waals surface area contributed by atoms with Crippen LogP contribution in [0.5, 0.6) is 11.5 Å². The molecule has 0 aliphatic heterocycles. The van der Waals surface area contributed by atoms with Crippen molar-refractivity contribution in [2.45, 2.75) is 19.8 Å². The van der Waals surface area contributed by atoms with Crippen molar-refractivity contribution in [3.05, 3.63) is 36.2 Å². The lowest BCUT2D eigenvalue weighted by Crippen LogP contribution is -1.90. The molecule has 5 heteroatoms. The molecule has 0 spiro atoms. The number of hydrogen-bond acceptors (Lipinski definition) is 5. The monoisotopic (exact) mass is 270 g/mol. The van der Waals surface area contributed by atoms with E-state index < -0.39 is 0 Å². The van der Waals surface area contributed by atoms with Crippen molar-refractivity contribution in [1.29, 1.82) is 0 Å². The van der Waals surface area contributed by atoms with Gasteiger partial charge in [0.05, 0.1) is 6.20 Å². The predicted molar refractivity (Wildman–Crippen MR) is 74.7 cm³/mol. The SMILES string of the molecule is CC(C)c1c(O)cc(-c2nc3ccncc3o2)cc1O. The van der Waals surface area contributed by atoms with Gasteiger partial charge in [-0.05, 0) is 24.1 Å². The summed E-state index contributed by atoms with van der Waals surface area (Å²) in [4.78, 5) is 8.27. The highest BCUT2D eigenvalue weighted by Gasteiger charge is 2.16. The second-order valence-electron chi connectivity index (χ2n) is 4.95. The van der Waals surface area contributed by atoms with Crippen LogP contribution in [0.4, 0.5) is 0 Å². The summed E-state index contributed by atoms with van der Waals surface area (Å²) in [7, 11) is 0. The molecule has 0 unspecified atom stereocenters. The summed E-state index contributed by atoms with van der Waals surface area (Å²) >= 11 is 0. The number of oxazole rings is 1. The fourth-order valence-corrected chi connectivity index (χ4v) is 2.24. The van der Waals surface area contributed by atoms with Gasteiger partial charge >= 0.3 is 0 Å². The highest BCUT2D eigenvalue weighted by molar-refractivity contribution is 5.75. The Bertz CT molecular complexity index is 722. The maximum atomic E-state index is 10.0. The Morgan fingerprint density at radius 2 is 1.85 bits per heavy atom. The number of rotatable bonds is 2. The summed E-state index contributed by atoms with van der Waals surface area (Å²) in [6, 6.07) is 4.84. The summed E-state index contributed by atoms with van der Waals surface area (Å²) in [5.41, 5.74) is 2.29. The number of fused-ring (bicyclic) bond motifs is 1. The zero-order valence-electron chi connectivity index (χ0n) is 11.2. The molecule has 2 aromatic heterocycles. The molecule has 0 aliphatic carbocycles.